The number of rotatable bonds is 3. The average Bonchev–Trinajstić information content (AvgIpc) is 2.93. The molecule has 3 rings (SSSR count). The van der Waals surface area contributed by atoms with Crippen molar-refractivity contribution in [1.29, 1.82) is 5.26 Å². The monoisotopic (exact) mass is 250 g/mol. The molecule has 1 aliphatic rings. The number of hydrogen-bond donors (Lipinski definition) is 2. The van der Waals surface area contributed by atoms with E-state index in [1.54, 1.807) is 6.20 Å². The van der Waals surface area contributed by atoms with E-state index in [4.69, 9.17) is 5.26 Å². The highest BCUT2D eigenvalue weighted by Crippen LogP contribution is 2.18. The Morgan fingerprint density at radius 2 is 2.16 bits per heavy atom. The van der Waals surface area contributed by atoms with Crippen LogP contribution >= 0.6 is 0 Å². The fraction of sp³-hybridized carbons (Fsp3) is 0.200. The lowest BCUT2D eigenvalue weighted by molar-refractivity contribution is 0.764. The quantitative estimate of drug-likeness (QED) is 0.876. The Bertz CT molecular complexity index is 643. The Balaban J connectivity index is 1.74. The summed E-state index contributed by atoms with van der Waals surface area (Å²) in [6, 6.07) is 12.3. The molecule has 1 aromatic heterocycles. The molecule has 0 amide bonds. The molecule has 0 saturated heterocycles. The van der Waals surface area contributed by atoms with E-state index < -0.39 is 0 Å². The molecule has 2 heterocycles. The van der Waals surface area contributed by atoms with E-state index in [0.717, 1.165) is 18.8 Å². The minimum absolute atomic E-state index is 0.435. The maximum Gasteiger partial charge on any atom is 0.163 e. The van der Waals surface area contributed by atoms with Gasteiger partial charge in [0, 0.05) is 25.8 Å². The van der Waals surface area contributed by atoms with Crippen LogP contribution in [0.1, 0.15) is 22.4 Å². The molecule has 0 saturated carbocycles. The van der Waals surface area contributed by atoms with Crippen LogP contribution in [0, 0.1) is 11.3 Å². The predicted octanol–water partition coefficient (Wildman–Crippen LogP) is 2.17. The van der Waals surface area contributed by atoms with Gasteiger partial charge in [0.2, 0.25) is 0 Å². The van der Waals surface area contributed by atoms with Gasteiger partial charge in [-0.1, -0.05) is 18.2 Å². The third kappa shape index (κ3) is 2.42. The van der Waals surface area contributed by atoms with Crippen LogP contribution in [0.4, 0.5) is 5.69 Å². The molecule has 2 N–H and O–H groups in total. The number of anilines is 1. The SMILES string of the molecule is N#Cc1ncccc1NCc1ccc2c(c1)CNC2. The highest BCUT2D eigenvalue weighted by molar-refractivity contribution is 5.53. The van der Waals surface area contributed by atoms with Gasteiger partial charge in [0.1, 0.15) is 6.07 Å². The average molecular weight is 250 g/mol. The summed E-state index contributed by atoms with van der Waals surface area (Å²) in [7, 11) is 0. The number of nitrogens with zero attached hydrogens (tertiary/aromatic N) is 2. The maximum atomic E-state index is 8.98. The largest absolute Gasteiger partial charge is 0.379 e. The Morgan fingerprint density at radius 3 is 3.05 bits per heavy atom. The number of aromatic nitrogens is 1. The molecule has 2 aromatic rings. The number of hydrogen-bond acceptors (Lipinski definition) is 4. The number of fused-ring (bicyclic) bond motifs is 1. The second kappa shape index (κ2) is 5.09. The van der Waals surface area contributed by atoms with E-state index in [2.05, 4.69) is 39.9 Å². The summed E-state index contributed by atoms with van der Waals surface area (Å²) in [6.07, 6.45) is 1.63. The zero-order valence-corrected chi connectivity index (χ0v) is 10.5. The molecule has 1 aromatic carbocycles. The lowest BCUT2D eigenvalue weighted by atomic mass is 10.1. The standard InChI is InChI=1S/C15H14N4/c16-7-15-14(2-1-5-18-15)19-8-11-3-4-12-9-17-10-13(12)6-11/h1-6,17,19H,8-10H2. The first kappa shape index (κ1) is 11.7. The first-order valence-electron chi connectivity index (χ1n) is 6.27. The van der Waals surface area contributed by atoms with Crippen molar-refractivity contribution in [3.63, 3.8) is 0 Å². The van der Waals surface area contributed by atoms with Crippen molar-refractivity contribution < 1.29 is 0 Å². The van der Waals surface area contributed by atoms with Gasteiger partial charge < -0.3 is 10.6 Å². The minimum atomic E-state index is 0.435. The molecule has 4 heteroatoms. The van der Waals surface area contributed by atoms with Crippen LogP contribution in [0.15, 0.2) is 36.5 Å². The van der Waals surface area contributed by atoms with E-state index in [9.17, 15) is 0 Å². The van der Waals surface area contributed by atoms with Crippen molar-refractivity contribution in [3.05, 3.63) is 58.9 Å². The van der Waals surface area contributed by atoms with Gasteiger partial charge in [-0.15, -0.1) is 0 Å². The van der Waals surface area contributed by atoms with Crippen LogP contribution in [0.25, 0.3) is 0 Å². The van der Waals surface area contributed by atoms with Crippen molar-refractivity contribution in [1.82, 2.24) is 10.3 Å². The maximum absolute atomic E-state index is 8.98. The normalized spacial score (nSPS) is 12.8. The van der Waals surface area contributed by atoms with Gasteiger partial charge in [-0.05, 0) is 28.8 Å². The summed E-state index contributed by atoms with van der Waals surface area (Å²) < 4.78 is 0. The van der Waals surface area contributed by atoms with Gasteiger partial charge in [-0.2, -0.15) is 5.26 Å². The molecule has 19 heavy (non-hydrogen) atoms. The van der Waals surface area contributed by atoms with Crippen LogP contribution in [-0.4, -0.2) is 4.98 Å². The topological polar surface area (TPSA) is 60.7 Å². The first-order valence-corrected chi connectivity index (χ1v) is 6.27. The van der Waals surface area contributed by atoms with E-state index >= 15 is 0 Å². The molecule has 94 valence electrons. The van der Waals surface area contributed by atoms with Gasteiger partial charge in [0.25, 0.3) is 0 Å². The first-order chi connectivity index (χ1) is 9.36. The van der Waals surface area contributed by atoms with Gasteiger partial charge in [0.15, 0.2) is 5.69 Å². The van der Waals surface area contributed by atoms with Crippen LogP contribution in [0.5, 0.6) is 0 Å². The molecule has 0 fully saturated rings. The van der Waals surface area contributed by atoms with Gasteiger partial charge in [-0.25, -0.2) is 4.98 Å². The third-order valence-electron chi connectivity index (χ3n) is 3.30. The van der Waals surface area contributed by atoms with Crippen LogP contribution in [-0.2, 0) is 19.6 Å². The van der Waals surface area contributed by atoms with Crippen LogP contribution in [0.2, 0.25) is 0 Å². The van der Waals surface area contributed by atoms with Crippen molar-refractivity contribution in [2.24, 2.45) is 0 Å². The molecule has 0 aliphatic carbocycles. The highest BCUT2D eigenvalue weighted by atomic mass is 14.9. The molecular formula is C15H14N4. The molecule has 4 nitrogen and oxygen atoms in total. The van der Waals surface area contributed by atoms with Gasteiger partial charge in [-0.3, -0.25) is 0 Å². The van der Waals surface area contributed by atoms with Crippen LogP contribution < -0.4 is 10.6 Å². The Hall–Kier alpha value is -2.38. The Labute approximate surface area is 112 Å². The number of benzene rings is 1. The second-order valence-corrected chi connectivity index (χ2v) is 4.57. The summed E-state index contributed by atoms with van der Waals surface area (Å²) in [4.78, 5) is 4.03. The van der Waals surface area contributed by atoms with Crippen molar-refractivity contribution in [2.75, 3.05) is 5.32 Å². The van der Waals surface area contributed by atoms with Gasteiger partial charge in [0.05, 0.1) is 5.69 Å². The molecule has 0 bridgehead atoms. The molecule has 0 atom stereocenters. The van der Waals surface area contributed by atoms with Crippen molar-refractivity contribution in [3.8, 4) is 6.07 Å². The van der Waals surface area contributed by atoms with Crippen molar-refractivity contribution >= 4 is 5.69 Å². The summed E-state index contributed by atoms with van der Waals surface area (Å²) in [5.74, 6) is 0. The minimum Gasteiger partial charge on any atom is -0.379 e. The number of nitrogens with one attached hydrogen (secondary N) is 2. The molecule has 0 unspecified atom stereocenters. The predicted molar refractivity (Wildman–Crippen MR) is 73.3 cm³/mol. The van der Waals surface area contributed by atoms with Crippen LogP contribution in [0.3, 0.4) is 0 Å². The number of nitriles is 1. The third-order valence-corrected chi connectivity index (χ3v) is 3.30. The summed E-state index contributed by atoms with van der Waals surface area (Å²) in [5, 5.41) is 15.6. The molecule has 1 aliphatic heterocycles. The zero-order valence-electron chi connectivity index (χ0n) is 10.5. The lowest BCUT2D eigenvalue weighted by Crippen LogP contribution is -2.03. The van der Waals surface area contributed by atoms with E-state index in [0.29, 0.717) is 12.2 Å². The zero-order chi connectivity index (χ0) is 13.1. The summed E-state index contributed by atoms with van der Waals surface area (Å²) in [6.45, 7) is 2.61. The smallest absolute Gasteiger partial charge is 0.163 e. The van der Waals surface area contributed by atoms with Crippen molar-refractivity contribution in [2.45, 2.75) is 19.6 Å². The van der Waals surface area contributed by atoms with E-state index in [-0.39, 0.29) is 0 Å². The fourth-order valence-corrected chi connectivity index (χ4v) is 2.29. The summed E-state index contributed by atoms with van der Waals surface area (Å²) >= 11 is 0. The Kier molecular flexibility index (Phi) is 3.13. The van der Waals surface area contributed by atoms with E-state index in [1.807, 2.05) is 12.1 Å². The van der Waals surface area contributed by atoms with Gasteiger partial charge >= 0.3 is 0 Å². The fourth-order valence-electron chi connectivity index (χ4n) is 2.29. The molecular weight excluding hydrogens is 236 g/mol. The van der Waals surface area contributed by atoms with E-state index in [1.165, 1.54) is 16.7 Å². The number of pyridine rings is 1. The second-order valence-electron chi connectivity index (χ2n) is 4.57. The Morgan fingerprint density at radius 1 is 1.26 bits per heavy atom. The molecule has 0 spiro atoms. The highest BCUT2D eigenvalue weighted by Gasteiger charge is 2.10. The molecule has 0 radical (unpaired) electrons. The summed E-state index contributed by atoms with van der Waals surface area (Å²) in [5.41, 5.74) is 5.18. The lowest BCUT2D eigenvalue weighted by Gasteiger charge is -2.08.